The summed E-state index contributed by atoms with van der Waals surface area (Å²) < 4.78 is 5.39. The third-order valence-corrected chi connectivity index (χ3v) is 3.66. The van der Waals surface area contributed by atoms with Crippen molar-refractivity contribution in [3.63, 3.8) is 0 Å². The van der Waals surface area contributed by atoms with Crippen LogP contribution in [0.5, 0.6) is 0 Å². The van der Waals surface area contributed by atoms with Gasteiger partial charge in [-0.2, -0.15) is 0 Å². The van der Waals surface area contributed by atoms with Crippen LogP contribution in [0, 0.1) is 12.8 Å². The van der Waals surface area contributed by atoms with Crippen LogP contribution in [0.3, 0.4) is 0 Å². The summed E-state index contributed by atoms with van der Waals surface area (Å²) in [4.78, 5) is 16.5. The van der Waals surface area contributed by atoms with Crippen molar-refractivity contribution in [1.82, 2.24) is 10.3 Å². The number of hydrogen-bond donors (Lipinski definition) is 2. The van der Waals surface area contributed by atoms with Crippen LogP contribution >= 0.6 is 0 Å². The van der Waals surface area contributed by atoms with Crippen molar-refractivity contribution in [2.24, 2.45) is 5.92 Å². The molecule has 21 heavy (non-hydrogen) atoms. The zero-order chi connectivity index (χ0) is 14.7. The summed E-state index contributed by atoms with van der Waals surface area (Å²) in [5.74, 6) is 0.692. The van der Waals surface area contributed by atoms with Crippen LogP contribution in [0.2, 0.25) is 0 Å². The number of rotatable bonds is 3. The Morgan fingerprint density at radius 3 is 3.10 bits per heavy atom. The van der Waals surface area contributed by atoms with Crippen LogP contribution in [0.25, 0.3) is 11.5 Å². The molecule has 1 amide bonds. The smallest absolute Gasteiger partial charge is 0.228 e. The number of nitrogens with one attached hydrogen (secondary N) is 2. The second-order valence-electron chi connectivity index (χ2n) is 5.41. The van der Waals surface area contributed by atoms with E-state index in [0.717, 1.165) is 42.9 Å². The molecule has 1 unspecified atom stereocenters. The lowest BCUT2D eigenvalue weighted by Crippen LogP contribution is -2.37. The Hall–Kier alpha value is -2.14. The molecule has 5 heteroatoms. The summed E-state index contributed by atoms with van der Waals surface area (Å²) in [5, 5.41) is 6.24. The summed E-state index contributed by atoms with van der Waals surface area (Å²) in [5.41, 5.74) is 2.48. The van der Waals surface area contributed by atoms with E-state index in [1.165, 1.54) is 0 Å². The van der Waals surface area contributed by atoms with E-state index in [9.17, 15) is 4.79 Å². The standard InChI is InChI=1S/C16H19N3O2/c1-11-10-21-16(18-11)12-4-2-6-14(8-12)19-15(20)13-5-3-7-17-9-13/h2,4,6,8,10,13,17H,3,5,7,9H2,1H3,(H,19,20). The molecule has 1 fully saturated rings. The molecule has 3 rings (SSSR count). The van der Waals surface area contributed by atoms with Crippen molar-refractivity contribution in [2.45, 2.75) is 19.8 Å². The molecule has 2 aromatic rings. The predicted octanol–water partition coefficient (Wildman–Crippen LogP) is 2.59. The summed E-state index contributed by atoms with van der Waals surface area (Å²) in [6.45, 7) is 3.64. The Kier molecular flexibility index (Phi) is 4.01. The normalized spacial score (nSPS) is 18.4. The van der Waals surface area contributed by atoms with Gasteiger partial charge in [-0.15, -0.1) is 0 Å². The van der Waals surface area contributed by atoms with E-state index in [0.29, 0.717) is 5.89 Å². The van der Waals surface area contributed by atoms with E-state index in [1.54, 1.807) is 6.26 Å². The quantitative estimate of drug-likeness (QED) is 0.909. The molecular weight excluding hydrogens is 266 g/mol. The average Bonchev–Trinajstić information content (AvgIpc) is 2.95. The third-order valence-electron chi connectivity index (χ3n) is 3.66. The molecule has 1 saturated heterocycles. The molecule has 1 aliphatic heterocycles. The highest BCUT2D eigenvalue weighted by molar-refractivity contribution is 5.93. The molecule has 0 radical (unpaired) electrons. The number of anilines is 1. The van der Waals surface area contributed by atoms with Gasteiger partial charge in [0.15, 0.2) is 0 Å². The molecule has 110 valence electrons. The minimum Gasteiger partial charge on any atom is -0.444 e. The SMILES string of the molecule is Cc1coc(-c2cccc(NC(=O)C3CCCNC3)c2)n1. The van der Waals surface area contributed by atoms with Crippen LogP contribution in [-0.2, 0) is 4.79 Å². The second-order valence-corrected chi connectivity index (χ2v) is 5.41. The molecule has 2 heterocycles. The van der Waals surface area contributed by atoms with Gasteiger partial charge in [0.1, 0.15) is 6.26 Å². The maximum atomic E-state index is 12.2. The summed E-state index contributed by atoms with van der Waals surface area (Å²) in [6.07, 6.45) is 3.61. The average molecular weight is 285 g/mol. The van der Waals surface area contributed by atoms with Gasteiger partial charge in [0.25, 0.3) is 0 Å². The molecule has 1 aromatic carbocycles. The Morgan fingerprint density at radius 1 is 1.48 bits per heavy atom. The Balaban J connectivity index is 1.72. The van der Waals surface area contributed by atoms with Crippen LogP contribution in [0.1, 0.15) is 18.5 Å². The van der Waals surface area contributed by atoms with E-state index in [2.05, 4.69) is 15.6 Å². The number of amides is 1. The highest BCUT2D eigenvalue weighted by Gasteiger charge is 2.20. The summed E-state index contributed by atoms with van der Waals surface area (Å²) >= 11 is 0. The minimum absolute atomic E-state index is 0.0476. The van der Waals surface area contributed by atoms with Crippen LogP contribution in [0.4, 0.5) is 5.69 Å². The first kappa shape index (κ1) is 13.8. The van der Waals surface area contributed by atoms with Gasteiger partial charge >= 0.3 is 0 Å². The van der Waals surface area contributed by atoms with E-state index in [1.807, 2.05) is 31.2 Å². The van der Waals surface area contributed by atoms with Crippen molar-refractivity contribution in [2.75, 3.05) is 18.4 Å². The van der Waals surface area contributed by atoms with E-state index in [-0.39, 0.29) is 11.8 Å². The first-order valence-corrected chi connectivity index (χ1v) is 7.26. The minimum atomic E-state index is 0.0476. The van der Waals surface area contributed by atoms with Crippen LogP contribution in [-0.4, -0.2) is 24.0 Å². The number of nitrogens with zero attached hydrogens (tertiary/aromatic N) is 1. The molecule has 1 aromatic heterocycles. The van der Waals surface area contributed by atoms with E-state index < -0.39 is 0 Å². The lowest BCUT2D eigenvalue weighted by atomic mass is 9.99. The number of benzene rings is 1. The van der Waals surface area contributed by atoms with Crippen LogP contribution < -0.4 is 10.6 Å². The number of piperidine rings is 1. The van der Waals surface area contributed by atoms with Gasteiger partial charge in [-0.3, -0.25) is 4.79 Å². The number of oxazole rings is 1. The van der Waals surface area contributed by atoms with Crippen LogP contribution in [0.15, 0.2) is 34.9 Å². The van der Waals surface area contributed by atoms with Crippen molar-refractivity contribution < 1.29 is 9.21 Å². The first-order chi connectivity index (χ1) is 10.2. The second kappa shape index (κ2) is 6.10. The maximum absolute atomic E-state index is 12.2. The predicted molar refractivity (Wildman–Crippen MR) is 80.9 cm³/mol. The maximum Gasteiger partial charge on any atom is 0.228 e. The largest absolute Gasteiger partial charge is 0.444 e. The summed E-state index contributed by atoms with van der Waals surface area (Å²) in [7, 11) is 0. The molecule has 0 aliphatic carbocycles. The van der Waals surface area contributed by atoms with Gasteiger partial charge in [-0.1, -0.05) is 6.07 Å². The molecule has 5 nitrogen and oxygen atoms in total. The molecule has 0 spiro atoms. The van der Waals surface area contributed by atoms with E-state index >= 15 is 0 Å². The molecular formula is C16H19N3O2. The highest BCUT2D eigenvalue weighted by atomic mass is 16.3. The fourth-order valence-corrected chi connectivity index (χ4v) is 2.54. The van der Waals surface area contributed by atoms with Crippen molar-refractivity contribution in [3.8, 4) is 11.5 Å². The number of aromatic nitrogens is 1. The Labute approximate surface area is 123 Å². The number of aryl methyl sites for hydroxylation is 1. The molecule has 1 aliphatic rings. The van der Waals surface area contributed by atoms with Gasteiger partial charge in [0.2, 0.25) is 11.8 Å². The third kappa shape index (κ3) is 3.31. The zero-order valence-corrected chi connectivity index (χ0v) is 12.1. The number of carbonyl (C=O) groups excluding carboxylic acids is 1. The highest BCUT2D eigenvalue weighted by Crippen LogP contribution is 2.22. The molecule has 2 N–H and O–H groups in total. The fourth-order valence-electron chi connectivity index (χ4n) is 2.54. The number of hydrogen-bond acceptors (Lipinski definition) is 4. The van der Waals surface area contributed by atoms with Crippen molar-refractivity contribution >= 4 is 11.6 Å². The van der Waals surface area contributed by atoms with Gasteiger partial charge in [0.05, 0.1) is 11.6 Å². The monoisotopic (exact) mass is 285 g/mol. The lowest BCUT2D eigenvalue weighted by molar-refractivity contribution is -0.120. The lowest BCUT2D eigenvalue weighted by Gasteiger charge is -2.21. The molecule has 0 bridgehead atoms. The molecule has 0 saturated carbocycles. The Bertz CT molecular complexity index is 630. The fraction of sp³-hybridized carbons (Fsp3) is 0.375. The van der Waals surface area contributed by atoms with Gasteiger partial charge in [0, 0.05) is 17.8 Å². The topological polar surface area (TPSA) is 67.2 Å². The zero-order valence-electron chi connectivity index (χ0n) is 12.1. The Morgan fingerprint density at radius 2 is 2.38 bits per heavy atom. The first-order valence-electron chi connectivity index (χ1n) is 7.26. The number of carbonyl (C=O) groups is 1. The van der Waals surface area contributed by atoms with Crippen molar-refractivity contribution in [3.05, 3.63) is 36.2 Å². The van der Waals surface area contributed by atoms with Gasteiger partial charge < -0.3 is 15.1 Å². The summed E-state index contributed by atoms with van der Waals surface area (Å²) in [6, 6.07) is 7.58. The van der Waals surface area contributed by atoms with Gasteiger partial charge in [-0.25, -0.2) is 4.98 Å². The molecule has 1 atom stereocenters. The van der Waals surface area contributed by atoms with Gasteiger partial charge in [-0.05, 0) is 44.5 Å². The van der Waals surface area contributed by atoms with Crippen molar-refractivity contribution in [1.29, 1.82) is 0 Å². The van der Waals surface area contributed by atoms with E-state index in [4.69, 9.17) is 4.42 Å².